The highest BCUT2D eigenvalue weighted by Gasteiger charge is 2.03. The van der Waals surface area contributed by atoms with Crippen LogP contribution in [0.15, 0.2) is 22.7 Å². The Morgan fingerprint density at radius 2 is 2.08 bits per heavy atom. The maximum Gasteiger partial charge on any atom is 0.132 e. The third kappa shape index (κ3) is 3.01. The number of aromatic hydroxyl groups is 1. The van der Waals surface area contributed by atoms with E-state index in [-0.39, 0.29) is 0 Å². The molecule has 3 heteroatoms. The minimum absolute atomic E-state index is 0.361. The lowest BCUT2D eigenvalue weighted by molar-refractivity contribution is 0.463. The third-order valence-electron chi connectivity index (χ3n) is 1.97. The average molecular weight is 244 g/mol. The molecule has 1 aromatic rings. The van der Waals surface area contributed by atoms with Crippen LogP contribution in [-0.4, -0.2) is 11.7 Å². The summed E-state index contributed by atoms with van der Waals surface area (Å²) in [6, 6.07) is 5.71. The molecule has 72 valence electrons. The van der Waals surface area contributed by atoms with Crippen molar-refractivity contribution < 1.29 is 5.11 Å². The molecule has 0 saturated heterocycles. The number of para-hydroxylation sites is 1. The number of rotatable bonds is 4. The molecular weight excluding hydrogens is 230 g/mol. The Bertz CT molecular complexity index is 276. The summed E-state index contributed by atoms with van der Waals surface area (Å²) in [6.07, 6.45) is 2.93. The second kappa shape index (κ2) is 5.25. The van der Waals surface area contributed by atoms with Crippen LogP contribution in [0.25, 0.3) is 0 Å². The normalized spacial score (nSPS) is 10.3. The fourth-order valence-corrected chi connectivity index (χ4v) is 1.63. The van der Waals surface area contributed by atoms with Crippen molar-refractivity contribution in [1.82, 2.24) is 0 Å². The van der Waals surface area contributed by atoms with Crippen LogP contribution in [0, 0.1) is 0 Å². The molecule has 1 rings (SSSR count). The molecule has 0 bridgehead atoms. The quantitative estimate of drug-likeness (QED) is 0.799. The van der Waals surface area contributed by atoms with Gasteiger partial charge in [-0.15, -0.1) is 0 Å². The zero-order valence-electron chi connectivity index (χ0n) is 7.46. The van der Waals surface area contributed by atoms with Crippen LogP contribution in [0.3, 0.4) is 0 Å². The molecule has 0 heterocycles. The maximum absolute atomic E-state index is 9.62. The Balaban J connectivity index is 2.61. The van der Waals surface area contributed by atoms with Crippen LogP contribution in [0.5, 0.6) is 5.75 Å². The Labute approximate surface area is 86.9 Å². The first-order valence-electron chi connectivity index (χ1n) is 4.42. The minimum atomic E-state index is 0.361. The van der Waals surface area contributed by atoms with E-state index in [0.717, 1.165) is 35.8 Å². The molecule has 0 aliphatic rings. The second-order valence-corrected chi connectivity index (χ2v) is 3.85. The van der Waals surface area contributed by atoms with Gasteiger partial charge in [-0.05, 0) is 53.4 Å². The first-order valence-corrected chi connectivity index (χ1v) is 5.21. The monoisotopic (exact) mass is 243 g/mol. The summed E-state index contributed by atoms with van der Waals surface area (Å²) in [5.41, 5.74) is 6.38. The van der Waals surface area contributed by atoms with Gasteiger partial charge in [0.15, 0.2) is 0 Å². The van der Waals surface area contributed by atoms with Gasteiger partial charge in [0.2, 0.25) is 0 Å². The first kappa shape index (κ1) is 10.5. The van der Waals surface area contributed by atoms with Gasteiger partial charge in [-0.25, -0.2) is 0 Å². The van der Waals surface area contributed by atoms with Gasteiger partial charge in [-0.1, -0.05) is 12.1 Å². The van der Waals surface area contributed by atoms with Crippen molar-refractivity contribution >= 4 is 15.9 Å². The van der Waals surface area contributed by atoms with Crippen LogP contribution < -0.4 is 5.73 Å². The second-order valence-electron chi connectivity index (χ2n) is 2.99. The lowest BCUT2D eigenvalue weighted by Gasteiger charge is -2.04. The molecule has 0 spiro atoms. The number of phenols is 1. The molecule has 2 nitrogen and oxygen atoms in total. The highest BCUT2D eigenvalue weighted by molar-refractivity contribution is 9.10. The molecular formula is C10H14BrNO. The van der Waals surface area contributed by atoms with Crippen molar-refractivity contribution in [2.24, 2.45) is 5.73 Å². The zero-order chi connectivity index (χ0) is 9.68. The summed E-state index contributed by atoms with van der Waals surface area (Å²) in [5, 5.41) is 9.62. The van der Waals surface area contributed by atoms with Gasteiger partial charge in [-0.2, -0.15) is 0 Å². The zero-order valence-corrected chi connectivity index (χ0v) is 9.05. The summed E-state index contributed by atoms with van der Waals surface area (Å²) in [7, 11) is 0. The van der Waals surface area contributed by atoms with Crippen LogP contribution in [-0.2, 0) is 6.42 Å². The molecule has 3 N–H and O–H groups in total. The van der Waals surface area contributed by atoms with Crippen molar-refractivity contribution in [1.29, 1.82) is 0 Å². The van der Waals surface area contributed by atoms with E-state index in [1.807, 2.05) is 18.2 Å². The van der Waals surface area contributed by atoms with Gasteiger partial charge in [0.25, 0.3) is 0 Å². The van der Waals surface area contributed by atoms with Gasteiger partial charge in [0.1, 0.15) is 5.75 Å². The highest BCUT2D eigenvalue weighted by Crippen LogP contribution is 2.28. The minimum Gasteiger partial charge on any atom is -0.506 e. The predicted octanol–water partition coefficient (Wildman–Crippen LogP) is 2.44. The first-order chi connectivity index (χ1) is 6.25. The fourth-order valence-electron chi connectivity index (χ4n) is 1.22. The Morgan fingerprint density at radius 3 is 2.77 bits per heavy atom. The van der Waals surface area contributed by atoms with E-state index in [1.54, 1.807) is 0 Å². The van der Waals surface area contributed by atoms with Gasteiger partial charge in [0.05, 0.1) is 4.47 Å². The third-order valence-corrected chi connectivity index (χ3v) is 2.61. The molecule has 0 radical (unpaired) electrons. The molecule has 1 aromatic carbocycles. The lowest BCUT2D eigenvalue weighted by Crippen LogP contribution is -1.99. The van der Waals surface area contributed by atoms with Crippen LogP contribution in [0.1, 0.15) is 18.4 Å². The predicted molar refractivity (Wildman–Crippen MR) is 57.8 cm³/mol. The Kier molecular flexibility index (Phi) is 4.25. The summed E-state index contributed by atoms with van der Waals surface area (Å²) in [6.45, 7) is 0.717. The van der Waals surface area contributed by atoms with Gasteiger partial charge < -0.3 is 10.8 Å². The molecule has 13 heavy (non-hydrogen) atoms. The van der Waals surface area contributed by atoms with E-state index >= 15 is 0 Å². The number of hydrogen-bond donors (Lipinski definition) is 2. The van der Waals surface area contributed by atoms with Crippen molar-refractivity contribution in [3.8, 4) is 5.75 Å². The molecule has 0 fully saturated rings. The molecule has 0 atom stereocenters. The van der Waals surface area contributed by atoms with Crippen LogP contribution >= 0.6 is 15.9 Å². The van der Waals surface area contributed by atoms with E-state index < -0.39 is 0 Å². The molecule has 0 aliphatic heterocycles. The fraction of sp³-hybridized carbons (Fsp3) is 0.400. The van der Waals surface area contributed by atoms with Crippen molar-refractivity contribution in [2.75, 3.05) is 6.54 Å². The number of hydrogen-bond acceptors (Lipinski definition) is 2. The highest BCUT2D eigenvalue weighted by atomic mass is 79.9. The van der Waals surface area contributed by atoms with E-state index in [2.05, 4.69) is 15.9 Å². The standard InChI is InChI=1S/C10H14BrNO/c11-9-6-3-5-8(10(9)13)4-1-2-7-12/h3,5-6,13H,1-2,4,7,12H2. The Hall–Kier alpha value is -0.540. The molecule has 0 saturated carbocycles. The largest absolute Gasteiger partial charge is 0.506 e. The number of halogens is 1. The number of nitrogens with two attached hydrogens (primary N) is 1. The topological polar surface area (TPSA) is 46.2 Å². The molecule has 0 aromatic heterocycles. The number of phenolic OH excluding ortho intramolecular Hbond substituents is 1. The summed E-state index contributed by atoms with van der Waals surface area (Å²) in [5.74, 6) is 0.361. The maximum atomic E-state index is 9.62. The smallest absolute Gasteiger partial charge is 0.132 e. The van der Waals surface area contributed by atoms with Gasteiger partial charge in [-0.3, -0.25) is 0 Å². The van der Waals surface area contributed by atoms with E-state index in [0.29, 0.717) is 5.75 Å². The summed E-state index contributed by atoms with van der Waals surface area (Å²) in [4.78, 5) is 0. The number of unbranched alkanes of at least 4 members (excludes halogenated alkanes) is 1. The molecule has 0 amide bonds. The average Bonchev–Trinajstić information content (AvgIpc) is 2.13. The molecule has 0 aliphatic carbocycles. The Morgan fingerprint density at radius 1 is 1.31 bits per heavy atom. The summed E-state index contributed by atoms with van der Waals surface area (Å²) < 4.78 is 0.762. The number of benzene rings is 1. The van der Waals surface area contributed by atoms with Crippen LogP contribution in [0.4, 0.5) is 0 Å². The van der Waals surface area contributed by atoms with Crippen molar-refractivity contribution in [2.45, 2.75) is 19.3 Å². The van der Waals surface area contributed by atoms with Gasteiger partial charge >= 0.3 is 0 Å². The molecule has 0 unspecified atom stereocenters. The SMILES string of the molecule is NCCCCc1cccc(Br)c1O. The lowest BCUT2D eigenvalue weighted by atomic mass is 10.1. The summed E-state index contributed by atoms with van der Waals surface area (Å²) >= 11 is 3.28. The van der Waals surface area contributed by atoms with Crippen molar-refractivity contribution in [3.05, 3.63) is 28.2 Å². The van der Waals surface area contributed by atoms with E-state index in [9.17, 15) is 5.11 Å². The van der Waals surface area contributed by atoms with Crippen molar-refractivity contribution in [3.63, 3.8) is 0 Å². The van der Waals surface area contributed by atoms with Crippen LogP contribution in [0.2, 0.25) is 0 Å². The van der Waals surface area contributed by atoms with Gasteiger partial charge in [0, 0.05) is 0 Å². The van der Waals surface area contributed by atoms with E-state index in [4.69, 9.17) is 5.73 Å². The van der Waals surface area contributed by atoms with E-state index in [1.165, 1.54) is 0 Å². The number of aryl methyl sites for hydroxylation is 1.